The van der Waals surface area contributed by atoms with Gasteiger partial charge in [-0.25, -0.2) is 0 Å². The summed E-state index contributed by atoms with van der Waals surface area (Å²) in [6, 6.07) is 3.59. The summed E-state index contributed by atoms with van der Waals surface area (Å²) in [4.78, 5) is 13.4. The predicted molar refractivity (Wildman–Crippen MR) is 72.5 cm³/mol. The zero-order chi connectivity index (χ0) is 13.0. The monoisotopic (exact) mass is 263 g/mol. The number of rotatable bonds is 4. The Morgan fingerprint density at radius 3 is 3.06 bits per heavy atom. The van der Waals surface area contributed by atoms with E-state index in [1.165, 1.54) is 24.2 Å². The molecule has 1 aliphatic rings. The molecule has 0 spiro atoms. The predicted octanol–water partition coefficient (Wildman–Crippen LogP) is 1.87. The number of aliphatic hydroxyl groups is 1. The van der Waals surface area contributed by atoms with Crippen molar-refractivity contribution in [2.45, 2.75) is 19.8 Å². The first-order chi connectivity index (χ1) is 8.70. The van der Waals surface area contributed by atoms with Gasteiger partial charge in [-0.15, -0.1) is 11.3 Å². The summed E-state index contributed by atoms with van der Waals surface area (Å²) in [5.41, 5.74) is 0. The molecule has 0 aromatic carbocycles. The minimum Gasteiger partial charge on any atom is -0.384 e. The molecule has 1 aromatic rings. The summed E-state index contributed by atoms with van der Waals surface area (Å²) in [6.45, 7) is 2.78. The fourth-order valence-electron chi connectivity index (χ4n) is 1.83. The van der Waals surface area contributed by atoms with Crippen molar-refractivity contribution in [3.8, 4) is 11.8 Å². The molecular weight excluding hydrogens is 246 g/mol. The number of carbonyl (C=O) groups is 1. The number of hydrogen-bond donors (Lipinski definition) is 2. The molecule has 1 fully saturated rings. The third-order valence-electron chi connectivity index (χ3n) is 3.13. The summed E-state index contributed by atoms with van der Waals surface area (Å²) in [6.07, 6.45) is 2.61. The molecule has 1 heterocycles. The van der Waals surface area contributed by atoms with E-state index in [-0.39, 0.29) is 12.5 Å². The standard InChI is InChI=1S/C14H17NO2S/c1-10(11-4-5-11)9-15-14(17)13-7-6-12(18-13)3-2-8-16/h6-7,10-11,16H,4-5,8-9H2,1H3,(H,15,17). The van der Waals surface area contributed by atoms with Crippen molar-refractivity contribution >= 4 is 17.2 Å². The van der Waals surface area contributed by atoms with Gasteiger partial charge in [0.15, 0.2) is 0 Å². The Morgan fingerprint density at radius 2 is 2.39 bits per heavy atom. The molecule has 0 aliphatic heterocycles. The number of nitrogens with one attached hydrogen (secondary N) is 1. The first kappa shape index (κ1) is 13.1. The SMILES string of the molecule is CC(CNC(=O)c1ccc(C#CCO)s1)C1CC1. The van der Waals surface area contributed by atoms with Crippen molar-refractivity contribution in [3.05, 3.63) is 21.9 Å². The highest BCUT2D eigenvalue weighted by Gasteiger charge is 2.27. The normalized spacial score (nSPS) is 15.7. The van der Waals surface area contributed by atoms with Crippen LogP contribution in [0.4, 0.5) is 0 Å². The zero-order valence-electron chi connectivity index (χ0n) is 10.4. The van der Waals surface area contributed by atoms with Crippen LogP contribution in [-0.4, -0.2) is 24.2 Å². The molecule has 1 atom stereocenters. The van der Waals surface area contributed by atoms with E-state index >= 15 is 0 Å². The van der Waals surface area contributed by atoms with E-state index in [2.05, 4.69) is 24.1 Å². The Hall–Kier alpha value is -1.31. The Kier molecular flexibility index (Phi) is 4.40. The lowest BCUT2D eigenvalue weighted by molar-refractivity contribution is 0.0951. The van der Waals surface area contributed by atoms with Crippen LogP contribution in [-0.2, 0) is 0 Å². The van der Waals surface area contributed by atoms with Crippen molar-refractivity contribution in [1.82, 2.24) is 5.32 Å². The molecule has 3 nitrogen and oxygen atoms in total. The van der Waals surface area contributed by atoms with Crippen LogP contribution in [0.15, 0.2) is 12.1 Å². The lowest BCUT2D eigenvalue weighted by atomic mass is 10.1. The molecule has 2 N–H and O–H groups in total. The molecule has 1 amide bonds. The summed E-state index contributed by atoms with van der Waals surface area (Å²) in [5.74, 6) is 6.73. The lowest BCUT2D eigenvalue weighted by Crippen LogP contribution is -2.28. The fourth-order valence-corrected chi connectivity index (χ4v) is 2.62. The molecule has 2 rings (SSSR count). The molecule has 0 saturated heterocycles. The van der Waals surface area contributed by atoms with Crippen LogP contribution < -0.4 is 5.32 Å². The Balaban J connectivity index is 1.86. The van der Waals surface area contributed by atoms with Crippen LogP contribution in [0.3, 0.4) is 0 Å². The van der Waals surface area contributed by atoms with Crippen LogP contribution in [0.5, 0.6) is 0 Å². The third-order valence-corrected chi connectivity index (χ3v) is 4.13. The molecule has 1 saturated carbocycles. The van der Waals surface area contributed by atoms with Crippen molar-refractivity contribution in [3.63, 3.8) is 0 Å². The number of thiophene rings is 1. The average molecular weight is 263 g/mol. The highest BCUT2D eigenvalue weighted by molar-refractivity contribution is 7.14. The number of hydrogen-bond acceptors (Lipinski definition) is 3. The van der Waals surface area contributed by atoms with Crippen molar-refractivity contribution in [2.24, 2.45) is 11.8 Å². The second-order valence-electron chi connectivity index (χ2n) is 4.65. The highest BCUT2D eigenvalue weighted by Crippen LogP contribution is 2.36. The molecule has 1 aliphatic carbocycles. The molecule has 4 heteroatoms. The molecule has 1 unspecified atom stereocenters. The number of amides is 1. The van der Waals surface area contributed by atoms with E-state index < -0.39 is 0 Å². The Bertz CT molecular complexity index is 479. The Morgan fingerprint density at radius 1 is 1.61 bits per heavy atom. The first-order valence-corrected chi connectivity index (χ1v) is 7.00. The van der Waals surface area contributed by atoms with E-state index in [0.717, 1.165) is 17.3 Å². The van der Waals surface area contributed by atoms with Gasteiger partial charge in [-0.2, -0.15) is 0 Å². The minimum absolute atomic E-state index is 0.0236. The van der Waals surface area contributed by atoms with Crippen molar-refractivity contribution in [2.75, 3.05) is 13.2 Å². The van der Waals surface area contributed by atoms with Gasteiger partial charge in [-0.1, -0.05) is 18.8 Å². The smallest absolute Gasteiger partial charge is 0.261 e. The second-order valence-corrected chi connectivity index (χ2v) is 5.73. The molecule has 0 radical (unpaired) electrons. The fraction of sp³-hybridized carbons (Fsp3) is 0.500. The van der Waals surface area contributed by atoms with Gasteiger partial charge < -0.3 is 10.4 Å². The summed E-state index contributed by atoms with van der Waals surface area (Å²) in [7, 11) is 0. The van der Waals surface area contributed by atoms with Gasteiger partial charge in [-0.3, -0.25) is 4.79 Å². The molecular formula is C14H17NO2S. The van der Waals surface area contributed by atoms with Gasteiger partial charge in [-0.05, 0) is 36.8 Å². The van der Waals surface area contributed by atoms with Crippen LogP contribution in [0.1, 0.15) is 34.3 Å². The minimum atomic E-state index is -0.154. The maximum atomic E-state index is 11.9. The summed E-state index contributed by atoms with van der Waals surface area (Å²) >= 11 is 1.36. The van der Waals surface area contributed by atoms with Gasteiger partial charge in [0, 0.05) is 6.54 Å². The van der Waals surface area contributed by atoms with Crippen LogP contribution in [0.25, 0.3) is 0 Å². The average Bonchev–Trinajstić information content (AvgIpc) is 3.12. The largest absolute Gasteiger partial charge is 0.384 e. The van der Waals surface area contributed by atoms with Gasteiger partial charge in [0.05, 0.1) is 9.75 Å². The van der Waals surface area contributed by atoms with E-state index in [1.54, 1.807) is 6.07 Å². The van der Waals surface area contributed by atoms with Crippen LogP contribution in [0, 0.1) is 23.7 Å². The zero-order valence-corrected chi connectivity index (χ0v) is 11.2. The van der Waals surface area contributed by atoms with Gasteiger partial charge in [0.25, 0.3) is 5.91 Å². The van der Waals surface area contributed by atoms with E-state index in [0.29, 0.717) is 10.8 Å². The highest BCUT2D eigenvalue weighted by atomic mass is 32.1. The van der Waals surface area contributed by atoms with E-state index in [4.69, 9.17) is 5.11 Å². The quantitative estimate of drug-likeness (QED) is 0.815. The van der Waals surface area contributed by atoms with Crippen molar-refractivity contribution < 1.29 is 9.90 Å². The van der Waals surface area contributed by atoms with Gasteiger partial charge >= 0.3 is 0 Å². The van der Waals surface area contributed by atoms with Gasteiger partial charge in [0.2, 0.25) is 0 Å². The van der Waals surface area contributed by atoms with Crippen LogP contribution >= 0.6 is 11.3 Å². The molecule has 0 bridgehead atoms. The molecule has 96 valence electrons. The second kappa shape index (κ2) is 6.03. The molecule has 1 aromatic heterocycles. The lowest BCUT2D eigenvalue weighted by Gasteiger charge is -2.10. The van der Waals surface area contributed by atoms with Crippen LogP contribution in [0.2, 0.25) is 0 Å². The topological polar surface area (TPSA) is 49.3 Å². The van der Waals surface area contributed by atoms with Gasteiger partial charge in [0.1, 0.15) is 6.61 Å². The summed E-state index contributed by atoms with van der Waals surface area (Å²) < 4.78 is 0. The van der Waals surface area contributed by atoms with E-state index in [1.807, 2.05) is 6.07 Å². The first-order valence-electron chi connectivity index (χ1n) is 6.18. The summed E-state index contributed by atoms with van der Waals surface area (Å²) in [5, 5.41) is 11.6. The Labute approximate surface area is 111 Å². The number of carbonyl (C=O) groups excluding carboxylic acids is 1. The maximum absolute atomic E-state index is 11.9. The molecule has 18 heavy (non-hydrogen) atoms. The van der Waals surface area contributed by atoms with E-state index in [9.17, 15) is 4.79 Å². The third kappa shape index (κ3) is 3.59. The number of aliphatic hydroxyl groups excluding tert-OH is 1. The van der Waals surface area contributed by atoms with Crippen molar-refractivity contribution in [1.29, 1.82) is 0 Å². The maximum Gasteiger partial charge on any atom is 0.261 e.